The van der Waals surface area contributed by atoms with Gasteiger partial charge in [-0.15, -0.1) is 0 Å². The van der Waals surface area contributed by atoms with Crippen molar-refractivity contribution in [3.63, 3.8) is 0 Å². The molecule has 144 valence electrons. The molecule has 1 fully saturated rings. The summed E-state index contributed by atoms with van der Waals surface area (Å²) in [5, 5.41) is 8.53. The molecule has 4 heterocycles. The molecule has 0 aliphatic carbocycles. The Kier molecular flexibility index (Phi) is 5.12. The van der Waals surface area contributed by atoms with E-state index < -0.39 is 0 Å². The van der Waals surface area contributed by atoms with Gasteiger partial charge in [0.25, 0.3) is 11.1 Å². The van der Waals surface area contributed by atoms with Gasteiger partial charge in [0.1, 0.15) is 0 Å². The topological polar surface area (TPSA) is 85.9 Å². The Hall–Kier alpha value is -3.13. The minimum absolute atomic E-state index is 0.0804. The second-order valence-corrected chi connectivity index (χ2v) is 7.03. The van der Waals surface area contributed by atoms with E-state index in [-0.39, 0.29) is 17.2 Å². The summed E-state index contributed by atoms with van der Waals surface area (Å²) in [4.78, 5) is 30.9. The van der Waals surface area contributed by atoms with Crippen molar-refractivity contribution in [2.24, 2.45) is 7.05 Å². The molecule has 4 rings (SSSR count). The van der Waals surface area contributed by atoms with Crippen molar-refractivity contribution in [1.29, 1.82) is 0 Å². The summed E-state index contributed by atoms with van der Waals surface area (Å²) in [6.07, 6.45) is 7.07. The van der Waals surface area contributed by atoms with Gasteiger partial charge in [-0.25, -0.2) is 9.36 Å². The van der Waals surface area contributed by atoms with Crippen LogP contribution in [0, 0.1) is 0 Å². The molecule has 3 aromatic rings. The maximum atomic E-state index is 12.4. The van der Waals surface area contributed by atoms with Crippen molar-refractivity contribution in [3.8, 4) is 11.3 Å². The van der Waals surface area contributed by atoms with Crippen LogP contribution in [0.3, 0.4) is 0 Å². The molecule has 8 nitrogen and oxygen atoms in total. The van der Waals surface area contributed by atoms with Gasteiger partial charge < -0.3 is 0 Å². The van der Waals surface area contributed by atoms with Crippen LogP contribution in [0.25, 0.3) is 11.3 Å². The van der Waals surface area contributed by atoms with E-state index in [0.717, 1.165) is 36.2 Å². The third-order valence-corrected chi connectivity index (χ3v) is 5.18. The molecular formula is C20H22N6O2. The van der Waals surface area contributed by atoms with Crippen molar-refractivity contribution in [3.05, 3.63) is 75.2 Å². The number of pyridine rings is 1. The third-order valence-electron chi connectivity index (χ3n) is 5.18. The van der Waals surface area contributed by atoms with E-state index in [0.29, 0.717) is 13.1 Å². The minimum Gasteiger partial charge on any atom is -0.294 e. The highest BCUT2D eigenvalue weighted by Gasteiger charge is 2.26. The highest BCUT2D eigenvalue weighted by atomic mass is 16.1. The molecule has 0 spiro atoms. The molecule has 0 saturated carbocycles. The van der Waals surface area contributed by atoms with Gasteiger partial charge in [-0.3, -0.25) is 19.5 Å². The van der Waals surface area contributed by atoms with E-state index in [1.165, 1.54) is 9.36 Å². The lowest BCUT2D eigenvalue weighted by Gasteiger charge is -2.24. The van der Waals surface area contributed by atoms with Gasteiger partial charge in [0, 0.05) is 55.4 Å². The summed E-state index contributed by atoms with van der Waals surface area (Å²) in [7, 11) is 1.65. The summed E-state index contributed by atoms with van der Waals surface area (Å²) in [5.74, 6) is 0. The average Bonchev–Trinajstić information content (AvgIpc) is 3.14. The van der Waals surface area contributed by atoms with Crippen LogP contribution in [0.2, 0.25) is 0 Å². The zero-order valence-electron chi connectivity index (χ0n) is 15.7. The lowest BCUT2D eigenvalue weighted by Crippen LogP contribution is -2.38. The Morgan fingerprint density at radius 2 is 1.89 bits per heavy atom. The van der Waals surface area contributed by atoms with E-state index in [1.807, 2.05) is 12.1 Å². The molecule has 1 atom stereocenters. The smallest absolute Gasteiger partial charge is 0.270 e. The molecule has 0 amide bonds. The predicted octanol–water partition coefficient (Wildman–Crippen LogP) is 1.06. The van der Waals surface area contributed by atoms with Crippen molar-refractivity contribution in [2.45, 2.75) is 32.0 Å². The fourth-order valence-corrected chi connectivity index (χ4v) is 3.66. The van der Waals surface area contributed by atoms with Crippen LogP contribution in [0.1, 0.15) is 18.4 Å². The van der Waals surface area contributed by atoms with Crippen molar-refractivity contribution < 1.29 is 0 Å². The van der Waals surface area contributed by atoms with Gasteiger partial charge in [-0.1, -0.05) is 0 Å². The van der Waals surface area contributed by atoms with Crippen LogP contribution in [0.5, 0.6) is 0 Å². The Bertz CT molecular complexity index is 1080. The largest absolute Gasteiger partial charge is 0.294 e. The molecule has 0 radical (unpaired) electrons. The molecule has 0 N–H and O–H groups in total. The Labute approximate surface area is 162 Å². The van der Waals surface area contributed by atoms with Crippen LogP contribution in [-0.4, -0.2) is 42.0 Å². The Morgan fingerprint density at radius 3 is 2.71 bits per heavy atom. The highest BCUT2D eigenvalue weighted by Crippen LogP contribution is 2.20. The van der Waals surface area contributed by atoms with Gasteiger partial charge in [-0.2, -0.15) is 10.2 Å². The zero-order valence-corrected chi connectivity index (χ0v) is 15.7. The highest BCUT2D eigenvalue weighted by molar-refractivity contribution is 5.56. The minimum atomic E-state index is -0.121. The fraction of sp³-hybridized carbons (Fsp3) is 0.350. The lowest BCUT2D eigenvalue weighted by atomic mass is 10.2. The van der Waals surface area contributed by atoms with E-state index >= 15 is 0 Å². The first-order valence-electron chi connectivity index (χ1n) is 9.35. The number of hydrogen-bond acceptors (Lipinski definition) is 6. The SMILES string of the molecule is Cn1nccc(CN2CCCC2Cn2nc(-c3ccncc3)ccc2=O)c1=O. The van der Waals surface area contributed by atoms with E-state index in [1.54, 1.807) is 43.8 Å². The van der Waals surface area contributed by atoms with Gasteiger partial charge in [0.05, 0.1) is 12.2 Å². The maximum Gasteiger partial charge on any atom is 0.270 e. The van der Waals surface area contributed by atoms with E-state index in [4.69, 9.17) is 0 Å². The van der Waals surface area contributed by atoms with Crippen LogP contribution in [0.4, 0.5) is 0 Å². The third kappa shape index (κ3) is 3.77. The maximum absolute atomic E-state index is 12.4. The van der Waals surface area contributed by atoms with Crippen molar-refractivity contribution >= 4 is 0 Å². The first-order chi connectivity index (χ1) is 13.6. The number of aryl methyl sites for hydroxylation is 1. The van der Waals surface area contributed by atoms with Crippen molar-refractivity contribution in [2.75, 3.05) is 6.54 Å². The summed E-state index contributed by atoms with van der Waals surface area (Å²) >= 11 is 0. The molecule has 0 aromatic carbocycles. The second-order valence-electron chi connectivity index (χ2n) is 7.03. The van der Waals surface area contributed by atoms with Crippen LogP contribution in [0.15, 0.2) is 58.5 Å². The van der Waals surface area contributed by atoms with Gasteiger partial charge in [0.2, 0.25) is 0 Å². The molecule has 1 unspecified atom stereocenters. The summed E-state index contributed by atoms with van der Waals surface area (Å²) < 4.78 is 2.88. The fourth-order valence-electron chi connectivity index (χ4n) is 3.66. The van der Waals surface area contributed by atoms with Gasteiger partial charge in [-0.05, 0) is 43.7 Å². The van der Waals surface area contributed by atoms with Gasteiger partial charge in [0.15, 0.2) is 0 Å². The molecule has 28 heavy (non-hydrogen) atoms. The zero-order chi connectivity index (χ0) is 19.5. The average molecular weight is 378 g/mol. The molecule has 0 bridgehead atoms. The van der Waals surface area contributed by atoms with Crippen LogP contribution in [-0.2, 0) is 20.1 Å². The molecular weight excluding hydrogens is 356 g/mol. The Morgan fingerprint density at radius 1 is 1.07 bits per heavy atom. The van der Waals surface area contributed by atoms with E-state index in [9.17, 15) is 9.59 Å². The molecule has 1 aliphatic heterocycles. The first kappa shape index (κ1) is 18.2. The Balaban J connectivity index is 1.55. The van der Waals surface area contributed by atoms with Crippen LogP contribution >= 0.6 is 0 Å². The molecule has 1 aliphatic rings. The lowest BCUT2D eigenvalue weighted by molar-refractivity contribution is 0.215. The normalized spacial score (nSPS) is 17.1. The second kappa shape index (κ2) is 7.85. The summed E-state index contributed by atoms with van der Waals surface area (Å²) in [6, 6.07) is 8.97. The first-order valence-corrected chi connectivity index (χ1v) is 9.35. The number of likely N-dealkylation sites (tertiary alicyclic amines) is 1. The van der Waals surface area contributed by atoms with E-state index in [2.05, 4.69) is 20.1 Å². The van der Waals surface area contributed by atoms with Crippen LogP contribution < -0.4 is 11.1 Å². The monoisotopic (exact) mass is 378 g/mol. The predicted molar refractivity (Wildman–Crippen MR) is 105 cm³/mol. The standard InChI is InChI=1S/C20H22N6O2/c1-24-20(28)16(8-11-22-24)13-25-12-2-3-17(25)14-26-19(27)5-4-18(23-26)15-6-9-21-10-7-15/h4-11,17H,2-3,12-14H2,1H3. The number of rotatable bonds is 5. The number of nitrogens with zero attached hydrogens (tertiary/aromatic N) is 6. The summed E-state index contributed by atoms with van der Waals surface area (Å²) in [5.41, 5.74) is 2.18. The molecule has 1 saturated heterocycles. The van der Waals surface area contributed by atoms with Crippen molar-refractivity contribution in [1.82, 2.24) is 29.4 Å². The van der Waals surface area contributed by atoms with Gasteiger partial charge >= 0.3 is 0 Å². The number of aromatic nitrogens is 5. The quantitative estimate of drug-likeness (QED) is 0.660. The number of hydrogen-bond donors (Lipinski definition) is 0. The summed E-state index contributed by atoms with van der Waals surface area (Å²) in [6.45, 7) is 1.96. The molecule has 3 aromatic heterocycles. The molecule has 8 heteroatoms.